The molecule has 0 saturated heterocycles. The Bertz CT molecular complexity index is 650. The molecule has 2 atom stereocenters. The molecule has 4 aliphatic rings. The van der Waals surface area contributed by atoms with E-state index in [9.17, 15) is 9.59 Å². The highest BCUT2D eigenvalue weighted by atomic mass is 16.6. The molecule has 5 nitrogen and oxygen atoms in total. The molecule has 3 aliphatic carbocycles. The van der Waals surface area contributed by atoms with Gasteiger partial charge in [0.25, 0.3) is 0 Å². The standard InChI is InChI=1S/C16H16O5/c17-15(7-1-2-7)20-11-5-9-10-6-12(14(19-10)13(9)11)21-16(18)8-3-4-8/h7-8,11-12H,1-6H2. The fourth-order valence-electron chi connectivity index (χ4n) is 3.25. The van der Waals surface area contributed by atoms with Gasteiger partial charge in [0, 0.05) is 17.5 Å². The lowest BCUT2D eigenvalue weighted by Crippen LogP contribution is -2.28. The maximum absolute atomic E-state index is 11.8. The Morgan fingerprint density at radius 1 is 0.905 bits per heavy atom. The third-order valence-electron chi connectivity index (χ3n) is 4.87. The average Bonchev–Trinajstić information content (AvgIpc) is 3.33. The van der Waals surface area contributed by atoms with Gasteiger partial charge in [-0.25, -0.2) is 0 Å². The molecule has 1 aromatic rings. The first-order chi connectivity index (χ1) is 10.2. The second kappa shape index (κ2) is 3.90. The highest BCUT2D eigenvalue weighted by Crippen LogP contribution is 2.52. The van der Waals surface area contributed by atoms with Gasteiger partial charge < -0.3 is 13.9 Å². The van der Waals surface area contributed by atoms with Gasteiger partial charge >= 0.3 is 11.9 Å². The van der Waals surface area contributed by atoms with Gasteiger partial charge in [-0.1, -0.05) is 0 Å². The first-order valence-electron chi connectivity index (χ1n) is 7.76. The summed E-state index contributed by atoms with van der Waals surface area (Å²) in [4.78, 5) is 23.6. The van der Waals surface area contributed by atoms with Crippen molar-refractivity contribution in [1.29, 1.82) is 0 Å². The van der Waals surface area contributed by atoms with E-state index in [1.807, 2.05) is 0 Å². The summed E-state index contributed by atoms with van der Waals surface area (Å²) >= 11 is 0. The van der Waals surface area contributed by atoms with E-state index in [1.54, 1.807) is 0 Å². The monoisotopic (exact) mass is 288 g/mol. The Labute approximate surface area is 121 Å². The Hall–Kier alpha value is -1.78. The van der Waals surface area contributed by atoms with Gasteiger partial charge in [-0.15, -0.1) is 0 Å². The average molecular weight is 288 g/mol. The lowest BCUT2D eigenvalue weighted by Gasteiger charge is -2.31. The molecule has 110 valence electrons. The van der Waals surface area contributed by atoms with Crippen molar-refractivity contribution in [3.05, 3.63) is 22.6 Å². The lowest BCUT2D eigenvalue weighted by atomic mass is 9.80. The number of hydrogen-bond acceptors (Lipinski definition) is 5. The maximum atomic E-state index is 11.8. The summed E-state index contributed by atoms with van der Waals surface area (Å²) in [6.07, 6.45) is 4.68. The zero-order valence-corrected chi connectivity index (χ0v) is 11.6. The summed E-state index contributed by atoms with van der Waals surface area (Å²) in [6, 6.07) is 0. The largest absolute Gasteiger partial charge is 0.461 e. The Morgan fingerprint density at radius 3 is 2.14 bits per heavy atom. The van der Waals surface area contributed by atoms with E-state index in [2.05, 4.69) is 0 Å². The minimum Gasteiger partial charge on any atom is -0.461 e. The molecule has 0 N–H and O–H groups in total. The van der Waals surface area contributed by atoms with Crippen molar-refractivity contribution in [2.75, 3.05) is 0 Å². The van der Waals surface area contributed by atoms with Crippen molar-refractivity contribution in [2.45, 2.75) is 50.7 Å². The highest BCUT2D eigenvalue weighted by molar-refractivity contribution is 5.76. The van der Waals surface area contributed by atoms with Gasteiger partial charge in [0.15, 0.2) is 11.9 Å². The molecule has 2 bridgehead atoms. The van der Waals surface area contributed by atoms with Gasteiger partial charge in [-0.3, -0.25) is 9.59 Å². The number of fused-ring (bicyclic) bond motifs is 5. The molecule has 0 spiro atoms. The molecule has 21 heavy (non-hydrogen) atoms. The van der Waals surface area contributed by atoms with Crippen molar-refractivity contribution in [3.63, 3.8) is 0 Å². The van der Waals surface area contributed by atoms with Crippen molar-refractivity contribution in [2.24, 2.45) is 11.8 Å². The van der Waals surface area contributed by atoms with Gasteiger partial charge in [-0.2, -0.15) is 0 Å². The van der Waals surface area contributed by atoms with Crippen LogP contribution in [0.2, 0.25) is 0 Å². The Kier molecular flexibility index (Phi) is 2.20. The molecule has 2 unspecified atom stereocenters. The van der Waals surface area contributed by atoms with Crippen LogP contribution in [0.3, 0.4) is 0 Å². The first-order valence-corrected chi connectivity index (χ1v) is 7.76. The molecule has 0 aromatic carbocycles. The van der Waals surface area contributed by atoms with Crippen LogP contribution in [0, 0.1) is 11.8 Å². The second-order valence-electron chi connectivity index (χ2n) is 6.59. The van der Waals surface area contributed by atoms with Crippen LogP contribution in [0.25, 0.3) is 0 Å². The zero-order valence-electron chi connectivity index (χ0n) is 11.6. The van der Waals surface area contributed by atoms with Crippen LogP contribution in [0.4, 0.5) is 0 Å². The quantitative estimate of drug-likeness (QED) is 0.796. The van der Waals surface area contributed by atoms with E-state index < -0.39 is 0 Å². The van der Waals surface area contributed by atoms with Crippen LogP contribution in [-0.4, -0.2) is 11.9 Å². The Morgan fingerprint density at radius 2 is 1.52 bits per heavy atom. The number of hydrogen-bond donors (Lipinski definition) is 0. The summed E-state index contributed by atoms with van der Waals surface area (Å²) in [5, 5.41) is 0. The summed E-state index contributed by atoms with van der Waals surface area (Å²) in [5.41, 5.74) is 2.14. The second-order valence-corrected chi connectivity index (χ2v) is 6.59. The van der Waals surface area contributed by atoms with Crippen molar-refractivity contribution in [1.82, 2.24) is 0 Å². The normalized spacial score (nSPS) is 28.8. The van der Waals surface area contributed by atoms with E-state index in [4.69, 9.17) is 13.9 Å². The molecule has 2 heterocycles. The maximum Gasteiger partial charge on any atom is 0.309 e. The van der Waals surface area contributed by atoms with Crippen LogP contribution in [0.15, 0.2) is 4.42 Å². The lowest BCUT2D eigenvalue weighted by molar-refractivity contribution is -0.154. The number of carbonyl (C=O) groups is 2. The molecule has 0 radical (unpaired) electrons. The fraction of sp³-hybridized carbons (Fsp3) is 0.625. The van der Waals surface area contributed by atoms with Crippen molar-refractivity contribution in [3.8, 4) is 0 Å². The fourth-order valence-corrected chi connectivity index (χ4v) is 3.25. The van der Waals surface area contributed by atoms with Crippen LogP contribution >= 0.6 is 0 Å². The molecule has 2 saturated carbocycles. The SMILES string of the molecule is O=C(OC1Cc2oc1c1c2CC1OC(=O)C1CC1)C1CC1. The smallest absolute Gasteiger partial charge is 0.309 e. The van der Waals surface area contributed by atoms with E-state index in [0.717, 1.165) is 49.0 Å². The van der Waals surface area contributed by atoms with E-state index in [0.29, 0.717) is 12.2 Å². The third kappa shape index (κ3) is 1.76. The summed E-state index contributed by atoms with van der Waals surface area (Å²) < 4.78 is 16.8. The highest BCUT2D eigenvalue weighted by Gasteiger charge is 2.48. The first kappa shape index (κ1) is 11.8. The molecular formula is C16H16O5. The number of ether oxygens (including phenoxy) is 2. The molecule has 1 aromatic heterocycles. The molecule has 2 fully saturated rings. The summed E-state index contributed by atoms with van der Waals surface area (Å²) in [5.74, 6) is 1.62. The third-order valence-corrected chi connectivity index (χ3v) is 4.87. The van der Waals surface area contributed by atoms with Gasteiger partial charge in [-0.05, 0) is 25.7 Å². The minimum atomic E-state index is -0.297. The predicted octanol–water partition coefficient (Wildman–Crippen LogP) is 2.38. The number of rotatable bonds is 4. The number of carbonyl (C=O) groups excluding carboxylic acids is 2. The van der Waals surface area contributed by atoms with Crippen LogP contribution < -0.4 is 0 Å². The topological polar surface area (TPSA) is 65.7 Å². The molecular weight excluding hydrogens is 272 g/mol. The van der Waals surface area contributed by atoms with Gasteiger partial charge in [0.05, 0.1) is 18.3 Å². The van der Waals surface area contributed by atoms with Crippen LogP contribution in [0.5, 0.6) is 0 Å². The molecule has 5 rings (SSSR count). The molecule has 0 amide bonds. The number of esters is 2. The van der Waals surface area contributed by atoms with Crippen molar-refractivity contribution >= 4 is 11.9 Å². The van der Waals surface area contributed by atoms with Gasteiger partial charge in [0.1, 0.15) is 11.9 Å². The summed E-state index contributed by atoms with van der Waals surface area (Å²) in [7, 11) is 0. The van der Waals surface area contributed by atoms with Gasteiger partial charge in [0.2, 0.25) is 0 Å². The summed E-state index contributed by atoms with van der Waals surface area (Å²) in [6.45, 7) is 0. The molecule has 5 heteroatoms. The van der Waals surface area contributed by atoms with E-state index in [1.165, 1.54) is 0 Å². The molecule has 1 aliphatic heterocycles. The van der Waals surface area contributed by atoms with E-state index >= 15 is 0 Å². The predicted molar refractivity (Wildman–Crippen MR) is 69.2 cm³/mol. The minimum absolute atomic E-state index is 0.0908. The Balaban J connectivity index is 1.32. The van der Waals surface area contributed by atoms with Crippen LogP contribution in [-0.2, 0) is 31.9 Å². The zero-order chi connectivity index (χ0) is 14.1. The van der Waals surface area contributed by atoms with E-state index in [-0.39, 0.29) is 36.0 Å². The van der Waals surface area contributed by atoms with Crippen molar-refractivity contribution < 1.29 is 23.5 Å². The number of furan rings is 1. The van der Waals surface area contributed by atoms with Crippen LogP contribution in [0.1, 0.15) is 60.5 Å².